The quantitative estimate of drug-likeness (QED) is 0.0980. The third-order valence-electron chi connectivity index (χ3n) is 10.1. The van der Waals surface area contributed by atoms with E-state index in [9.17, 15) is 19.5 Å². The predicted octanol–water partition coefficient (Wildman–Crippen LogP) is 7.67. The molecular weight excluding hydrogens is 698 g/mol. The molecule has 10 nitrogen and oxygen atoms in total. The Morgan fingerprint density at radius 3 is 2.58 bits per heavy atom. The number of nitrogens with zero attached hydrogens (tertiary/aromatic N) is 4. The molecule has 0 atom stereocenters. The van der Waals surface area contributed by atoms with Crippen molar-refractivity contribution in [3.8, 4) is 16.9 Å². The number of ether oxygens (including phenoxy) is 1. The monoisotopic (exact) mass is 739 g/mol. The Hall–Kier alpha value is -4.84. The van der Waals surface area contributed by atoms with E-state index in [-0.39, 0.29) is 24.0 Å². The van der Waals surface area contributed by atoms with Crippen molar-refractivity contribution in [2.75, 3.05) is 43.0 Å². The zero-order chi connectivity index (χ0) is 35.3. The number of carboxylic acids is 1. The highest BCUT2D eigenvalue weighted by molar-refractivity contribution is 7.22. The number of hydrogen-bond donors (Lipinski definition) is 2. The molecule has 4 heterocycles. The molecule has 2 aromatic heterocycles. The number of rotatable bonds is 12. The van der Waals surface area contributed by atoms with Crippen molar-refractivity contribution < 1.29 is 24.2 Å². The van der Waals surface area contributed by atoms with Crippen LogP contribution in [0.2, 0.25) is 0 Å². The number of halogens is 1. The maximum atomic E-state index is 13.5. The molecule has 0 bridgehead atoms. The Morgan fingerprint density at radius 2 is 1.79 bits per heavy atom. The van der Waals surface area contributed by atoms with Crippen LogP contribution in [0.15, 0.2) is 72.8 Å². The van der Waals surface area contributed by atoms with Gasteiger partial charge in [0.1, 0.15) is 17.9 Å². The Kier molecular flexibility index (Phi) is 11.8. The molecule has 2 aliphatic heterocycles. The van der Waals surface area contributed by atoms with Crippen LogP contribution in [0.4, 0.5) is 10.9 Å². The van der Waals surface area contributed by atoms with E-state index in [2.05, 4.69) is 20.2 Å². The lowest BCUT2D eigenvalue weighted by molar-refractivity contribution is -0.109. The van der Waals surface area contributed by atoms with Crippen LogP contribution in [0.25, 0.3) is 21.3 Å². The van der Waals surface area contributed by atoms with E-state index in [1.807, 2.05) is 84.6 Å². The maximum absolute atomic E-state index is 13.5. The largest absolute Gasteiger partial charge is 0.493 e. The first kappa shape index (κ1) is 36.9. The van der Waals surface area contributed by atoms with Gasteiger partial charge >= 0.3 is 5.97 Å². The number of carbonyl (C=O) groups excluding carboxylic acids is 2. The van der Waals surface area contributed by atoms with Crippen LogP contribution in [0.3, 0.4) is 0 Å². The number of carbonyl (C=O) groups is 3. The number of amides is 1. The average Bonchev–Trinajstić information content (AvgIpc) is 3.56. The zero-order valence-corrected chi connectivity index (χ0v) is 30.7. The molecular formula is C40H42ClN5O5S. The topological polar surface area (TPSA) is 125 Å². The third-order valence-corrected chi connectivity index (χ3v) is 11.0. The van der Waals surface area contributed by atoms with Gasteiger partial charge in [-0.1, -0.05) is 47.7 Å². The lowest BCUT2D eigenvalue weighted by Crippen LogP contribution is -2.34. The van der Waals surface area contributed by atoms with Crippen LogP contribution >= 0.6 is 23.7 Å². The van der Waals surface area contributed by atoms with Crippen molar-refractivity contribution in [3.63, 3.8) is 0 Å². The van der Waals surface area contributed by atoms with Crippen molar-refractivity contribution in [2.24, 2.45) is 5.92 Å². The number of aldehydes is 1. The molecule has 0 spiro atoms. The Bertz CT molecular complexity index is 2050. The third kappa shape index (κ3) is 8.12. The molecule has 1 saturated heterocycles. The van der Waals surface area contributed by atoms with Crippen molar-refractivity contribution in [2.45, 2.75) is 45.6 Å². The van der Waals surface area contributed by atoms with Gasteiger partial charge in [0.25, 0.3) is 5.91 Å². The predicted molar refractivity (Wildman–Crippen MR) is 207 cm³/mol. The molecule has 2 aliphatic rings. The van der Waals surface area contributed by atoms with Crippen LogP contribution in [-0.4, -0.2) is 70.9 Å². The summed E-state index contributed by atoms with van der Waals surface area (Å²) in [6, 6.07) is 23.0. The van der Waals surface area contributed by atoms with Crippen LogP contribution < -0.4 is 15.0 Å². The van der Waals surface area contributed by atoms with Gasteiger partial charge in [0.05, 0.1) is 23.4 Å². The number of para-hydroxylation sites is 1. The number of likely N-dealkylation sites (tertiary alicyclic amines) is 1. The second-order valence-corrected chi connectivity index (χ2v) is 14.3. The van der Waals surface area contributed by atoms with Crippen molar-refractivity contribution in [3.05, 3.63) is 101 Å². The summed E-state index contributed by atoms with van der Waals surface area (Å²) in [6.45, 7) is 6.06. The molecule has 2 N–H and O–H groups in total. The summed E-state index contributed by atoms with van der Waals surface area (Å²) < 4.78 is 7.22. The molecule has 5 aromatic rings. The molecule has 7 rings (SSSR count). The van der Waals surface area contributed by atoms with Gasteiger partial charge in [-0.3, -0.25) is 15.0 Å². The molecule has 0 saturated carbocycles. The number of nitrogens with one attached hydrogen (secondary N) is 1. The van der Waals surface area contributed by atoms with Gasteiger partial charge in [0, 0.05) is 24.2 Å². The second kappa shape index (κ2) is 16.7. The number of aromatic carboxylic acids is 1. The minimum atomic E-state index is -1.11. The highest BCUT2D eigenvalue weighted by Crippen LogP contribution is 2.35. The standard InChI is InChI=1S/C40H41N5O5S.ClH/c1-26-29(9-5-12-34(26)50-24-6-7-27-16-19-44(20-17-27)22-23-46)30-14-15-36(42-37(30)39(48)49)45-21-18-28-8-4-10-31(32(28)25-45)38(47)43-40-41-33-11-2-3-13-35(33)51-40;/h2-5,8-15,23,27H,6-7,16-22,24-25H2,1H3,(H,48,49)(H,41,43,47);1H. The van der Waals surface area contributed by atoms with Crippen molar-refractivity contribution in [1.82, 2.24) is 14.9 Å². The van der Waals surface area contributed by atoms with Crippen LogP contribution in [0.5, 0.6) is 5.75 Å². The zero-order valence-electron chi connectivity index (χ0n) is 29.0. The van der Waals surface area contributed by atoms with E-state index in [0.29, 0.717) is 60.7 Å². The lowest BCUT2D eigenvalue weighted by atomic mass is 9.92. The molecule has 0 radical (unpaired) electrons. The summed E-state index contributed by atoms with van der Waals surface area (Å²) in [5.41, 5.74) is 5.54. The molecule has 0 aliphatic carbocycles. The smallest absolute Gasteiger partial charge is 0.355 e. The minimum Gasteiger partial charge on any atom is -0.493 e. The van der Waals surface area contributed by atoms with E-state index in [0.717, 1.165) is 83.3 Å². The Labute approximate surface area is 313 Å². The molecule has 12 heteroatoms. The van der Waals surface area contributed by atoms with Gasteiger partial charge in [-0.2, -0.15) is 0 Å². The van der Waals surface area contributed by atoms with Crippen LogP contribution in [-0.2, 0) is 17.8 Å². The van der Waals surface area contributed by atoms with Gasteiger partial charge in [-0.05, 0) is 117 Å². The molecule has 3 aromatic carbocycles. The average molecular weight is 740 g/mol. The molecule has 1 fully saturated rings. The van der Waals surface area contributed by atoms with Gasteiger partial charge < -0.3 is 19.5 Å². The number of carboxylic acid groups (broad SMARTS) is 1. The minimum absolute atomic E-state index is 0. The Balaban J connectivity index is 0.00000464. The Morgan fingerprint density at radius 1 is 0.981 bits per heavy atom. The van der Waals surface area contributed by atoms with Crippen LogP contribution in [0, 0.1) is 12.8 Å². The van der Waals surface area contributed by atoms with Crippen molar-refractivity contribution >= 4 is 63.1 Å². The number of pyridine rings is 1. The number of piperidine rings is 1. The van der Waals surface area contributed by atoms with Gasteiger partial charge in [-0.15, -0.1) is 12.4 Å². The van der Waals surface area contributed by atoms with Gasteiger partial charge in [0.15, 0.2) is 10.8 Å². The van der Waals surface area contributed by atoms with Gasteiger partial charge in [0.2, 0.25) is 0 Å². The normalized spacial score (nSPS) is 14.8. The maximum Gasteiger partial charge on any atom is 0.355 e. The van der Waals surface area contributed by atoms with E-state index in [4.69, 9.17) is 4.74 Å². The molecule has 270 valence electrons. The fourth-order valence-electron chi connectivity index (χ4n) is 7.26. The molecule has 0 unspecified atom stereocenters. The van der Waals surface area contributed by atoms with Crippen LogP contribution in [0.1, 0.15) is 63.2 Å². The summed E-state index contributed by atoms with van der Waals surface area (Å²) in [6.07, 6.45) is 5.90. The first-order valence-corrected chi connectivity index (χ1v) is 18.4. The van der Waals surface area contributed by atoms with E-state index in [1.165, 1.54) is 11.3 Å². The molecule has 1 amide bonds. The number of anilines is 2. The number of benzene rings is 3. The van der Waals surface area contributed by atoms with Gasteiger partial charge in [-0.25, -0.2) is 14.8 Å². The highest BCUT2D eigenvalue weighted by Gasteiger charge is 2.26. The number of hydrogen-bond acceptors (Lipinski definition) is 9. The SMILES string of the molecule is Cc1c(OCCCC2CCN(CC=O)CC2)cccc1-c1ccc(N2CCc3cccc(C(=O)Nc4nc5ccccc5s4)c3C2)nc1C(=O)O.Cl. The highest BCUT2D eigenvalue weighted by atomic mass is 35.5. The summed E-state index contributed by atoms with van der Waals surface area (Å²) in [5.74, 6) is 0.595. The lowest BCUT2D eigenvalue weighted by Gasteiger charge is -2.31. The van der Waals surface area contributed by atoms with E-state index in [1.54, 1.807) is 0 Å². The molecule has 52 heavy (non-hydrogen) atoms. The summed E-state index contributed by atoms with van der Waals surface area (Å²) in [4.78, 5) is 50.4. The first-order chi connectivity index (χ1) is 24.9. The van der Waals surface area contributed by atoms with E-state index < -0.39 is 5.97 Å². The number of fused-ring (bicyclic) bond motifs is 2. The summed E-state index contributed by atoms with van der Waals surface area (Å²) >= 11 is 1.44. The van der Waals surface area contributed by atoms with Crippen molar-refractivity contribution in [1.29, 1.82) is 0 Å². The summed E-state index contributed by atoms with van der Waals surface area (Å²) in [5, 5.41) is 13.9. The number of thiazole rings is 1. The number of aromatic nitrogens is 2. The summed E-state index contributed by atoms with van der Waals surface area (Å²) in [7, 11) is 0. The fourth-order valence-corrected chi connectivity index (χ4v) is 8.13. The fraction of sp³-hybridized carbons (Fsp3) is 0.325. The first-order valence-electron chi connectivity index (χ1n) is 17.5. The van der Waals surface area contributed by atoms with E-state index >= 15 is 0 Å². The second-order valence-electron chi connectivity index (χ2n) is 13.3.